The third-order valence-electron chi connectivity index (χ3n) is 11.6. The van der Waals surface area contributed by atoms with Crippen LogP contribution < -0.4 is 4.90 Å². The highest BCUT2D eigenvalue weighted by Crippen LogP contribution is 2.48. The van der Waals surface area contributed by atoms with Gasteiger partial charge in [0.15, 0.2) is 0 Å². The van der Waals surface area contributed by atoms with Crippen molar-refractivity contribution in [1.82, 2.24) is 4.57 Å². The van der Waals surface area contributed by atoms with Crippen LogP contribution in [-0.4, -0.2) is 4.57 Å². The second-order valence-corrected chi connectivity index (χ2v) is 16.0. The van der Waals surface area contributed by atoms with Gasteiger partial charge in [-0.15, -0.1) is 11.3 Å². The Kier molecular flexibility index (Phi) is 7.40. The highest BCUT2D eigenvalue weighted by atomic mass is 32.1. The first-order valence-electron chi connectivity index (χ1n) is 19.7. The molecule has 0 spiro atoms. The largest absolute Gasteiger partial charge is 0.455 e. The van der Waals surface area contributed by atoms with Crippen LogP contribution in [0.2, 0.25) is 0 Å². The Hall–Kier alpha value is -7.40. The number of hydrogen-bond donors (Lipinski definition) is 0. The summed E-state index contributed by atoms with van der Waals surface area (Å²) in [7, 11) is 0. The standard InChI is InChI=1S/C54H34N2OS/c1-3-13-35(14-4-1)37-23-29-46-50(33-37)57-54-41(36-15-5-2-6-16-36)31-32-49(53(46)54)55(40-28-30-45-44-19-9-12-22-51(44)58-52(45)34-40)38-24-26-39(27-25-38)56-47-20-10-7-17-42(47)43-18-8-11-21-48(43)56/h1-34H. The topological polar surface area (TPSA) is 21.3 Å². The van der Waals surface area contributed by atoms with Gasteiger partial charge >= 0.3 is 0 Å². The van der Waals surface area contributed by atoms with Crippen LogP contribution in [0.25, 0.3) is 91.9 Å². The predicted molar refractivity (Wildman–Crippen MR) is 247 cm³/mol. The summed E-state index contributed by atoms with van der Waals surface area (Å²) in [6.45, 7) is 0. The van der Waals surface area contributed by atoms with E-state index < -0.39 is 0 Å². The van der Waals surface area contributed by atoms with Crippen molar-refractivity contribution in [2.24, 2.45) is 0 Å². The molecule has 0 unspecified atom stereocenters. The molecule has 0 radical (unpaired) electrons. The van der Waals surface area contributed by atoms with Crippen LogP contribution in [0, 0.1) is 0 Å². The molecule has 0 N–H and O–H groups in total. The van der Waals surface area contributed by atoms with Crippen molar-refractivity contribution in [3.8, 4) is 27.9 Å². The molecule has 0 saturated heterocycles. The lowest BCUT2D eigenvalue weighted by molar-refractivity contribution is 0.670. The molecule has 9 aromatic carbocycles. The Morgan fingerprint density at radius 2 is 1.02 bits per heavy atom. The normalized spacial score (nSPS) is 11.8. The molecule has 0 fully saturated rings. The highest BCUT2D eigenvalue weighted by Gasteiger charge is 2.23. The van der Waals surface area contributed by atoms with Gasteiger partial charge in [0.05, 0.1) is 22.1 Å². The van der Waals surface area contributed by atoms with Crippen molar-refractivity contribution < 1.29 is 4.42 Å². The summed E-state index contributed by atoms with van der Waals surface area (Å²) in [5.74, 6) is 0. The minimum Gasteiger partial charge on any atom is -0.455 e. The van der Waals surface area contributed by atoms with Gasteiger partial charge < -0.3 is 13.9 Å². The quantitative estimate of drug-likeness (QED) is 0.168. The molecule has 3 nitrogen and oxygen atoms in total. The number of fused-ring (bicyclic) bond motifs is 9. The van der Waals surface area contributed by atoms with Gasteiger partial charge in [-0.05, 0) is 95.6 Å². The van der Waals surface area contributed by atoms with Crippen molar-refractivity contribution in [2.45, 2.75) is 0 Å². The molecule has 272 valence electrons. The van der Waals surface area contributed by atoms with Crippen LogP contribution in [-0.2, 0) is 0 Å². The lowest BCUT2D eigenvalue weighted by Gasteiger charge is -2.27. The first-order chi connectivity index (χ1) is 28.8. The second-order valence-electron chi connectivity index (χ2n) is 14.9. The van der Waals surface area contributed by atoms with E-state index in [1.54, 1.807) is 0 Å². The van der Waals surface area contributed by atoms with E-state index in [0.29, 0.717) is 0 Å². The van der Waals surface area contributed by atoms with Gasteiger partial charge in [0.25, 0.3) is 0 Å². The SMILES string of the molecule is c1ccc(-c2ccc3c(c2)oc2c(-c4ccccc4)ccc(N(c4ccc(-n5c6ccccc6c6ccccc65)cc4)c4ccc5c(c4)sc4ccccc45)c23)cc1. The molecule has 12 rings (SSSR count). The van der Waals surface area contributed by atoms with Crippen LogP contribution in [0.5, 0.6) is 0 Å². The van der Waals surface area contributed by atoms with Crippen LogP contribution in [0.1, 0.15) is 0 Å². The number of rotatable bonds is 6. The highest BCUT2D eigenvalue weighted by molar-refractivity contribution is 7.25. The summed E-state index contributed by atoms with van der Waals surface area (Å²) in [6, 6.07) is 74.3. The molecule has 0 bridgehead atoms. The zero-order valence-electron chi connectivity index (χ0n) is 31.3. The van der Waals surface area contributed by atoms with Crippen molar-refractivity contribution in [3.05, 3.63) is 206 Å². The number of hydrogen-bond acceptors (Lipinski definition) is 3. The lowest BCUT2D eigenvalue weighted by atomic mass is 9.98. The number of benzene rings is 9. The van der Waals surface area contributed by atoms with Gasteiger partial charge in [-0.3, -0.25) is 0 Å². The average Bonchev–Trinajstić information content (AvgIpc) is 3.97. The van der Waals surface area contributed by atoms with Gasteiger partial charge in [0.1, 0.15) is 11.2 Å². The van der Waals surface area contributed by atoms with Crippen molar-refractivity contribution in [1.29, 1.82) is 0 Å². The lowest BCUT2D eigenvalue weighted by Crippen LogP contribution is -2.10. The van der Waals surface area contributed by atoms with E-state index in [0.717, 1.165) is 66.9 Å². The molecule has 4 heteroatoms. The number of nitrogens with zero attached hydrogens (tertiary/aromatic N) is 2. The van der Waals surface area contributed by atoms with Crippen molar-refractivity contribution in [3.63, 3.8) is 0 Å². The summed E-state index contributed by atoms with van der Waals surface area (Å²) in [5.41, 5.74) is 12.9. The number of furan rings is 1. The summed E-state index contributed by atoms with van der Waals surface area (Å²) in [4.78, 5) is 2.41. The maximum atomic E-state index is 6.99. The van der Waals surface area contributed by atoms with Gasteiger partial charge in [-0.25, -0.2) is 0 Å². The summed E-state index contributed by atoms with van der Waals surface area (Å²) in [5, 5.41) is 7.24. The van der Waals surface area contributed by atoms with E-state index in [2.05, 4.69) is 216 Å². The molecular formula is C54H34N2OS. The van der Waals surface area contributed by atoms with E-state index in [1.165, 1.54) is 42.0 Å². The molecule has 12 aromatic rings. The Bertz CT molecular complexity index is 3450. The van der Waals surface area contributed by atoms with Crippen LogP contribution in [0.3, 0.4) is 0 Å². The average molecular weight is 759 g/mol. The summed E-state index contributed by atoms with van der Waals surface area (Å²) in [6.07, 6.45) is 0. The van der Waals surface area contributed by atoms with E-state index in [4.69, 9.17) is 4.42 Å². The first kappa shape index (κ1) is 32.8. The smallest absolute Gasteiger partial charge is 0.145 e. The summed E-state index contributed by atoms with van der Waals surface area (Å²) >= 11 is 1.85. The van der Waals surface area contributed by atoms with Gasteiger partial charge in [-0.1, -0.05) is 127 Å². The molecule has 58 heavy (non-hydrogen) atoms. The molecular weight excluding hydrogens is 725 g/mol. The predicted octanol–water partition coefficient (Wildman–Crippen LogP) is 15.9. The second kappa shape index (κ2) is 13.1. The molecule has 0 aliphatic carbocycles. The van der Waals surface area contributed by atoms with Gasteiger partial charge in [-0.2, -0.15) is 0 Å². The third kappa shape index (κ3) is 5.12. The van der Waals surface area contributed by atoms with E-state index in [1.807, 2.05) is 11.3 Å². The molecule has 3 aromatic heterocycles. The van der Waals surface area contributed by atoms with Crippen LogP contribution in [0.15, 0.2) is 211 Å². The molecule has 0 aliphatic rings. The summed E-state index contributed by atoms with van der Waals surface area (Å²) < 4.78 is 11.9. The van der Waals surface area contributed by atoms with E-state index in [-0.39, 0.29) is 0 Å². The maximum absolute atomic E-state index is 6.99. The van der Waals surface area contributed by atoms with Crippen LogP contribution in [0.4, 0.5) is 17.1 Å². The van der Waals surface area contributed by atoms with Crippen LogP contribution >= 0.6 is 11.3 Å². The molecule has 0 aliphatic heterocycles. The fourth-order valence-corrected chi connectivity index (χ4v) is 10.1. The molecule has 0 atom stereocenters. The van der Waals surface area contributed by atoms with Gasteiger partial charge in [0, 0.05) is 59.0 Å². The molecule has 0 saturated carbocycles. The number of para-hydroxylation sites is 2. The number of anilines is 3. The monoisotopic (exact) mass is 758 g/mol. The number of thiophene rings is 1. The Labute approximate surface area is 338 Å². The zero-order chi connectivity index (χ0) is 38.2. The Morgan fingerprint density at radius 3 is 1.76 bits per heavy atom. The fourth-order valence-electron chi connectivity index (χ4n) is 8.94. The van der Waals surface area contributed by atoms with Gasteiger partial charge in [0.2, 0.25) is 0 Å². The molecule has 3 heterocycles. The minimum absolute atomic E-state index is 0.864. The Balaban J connectivity index is 1.11. The fraction of sp³-hybridized carbons (Fsp3) is 0. The third-order valence-corrected chi connectivity index (χ3v) is 12.7. The van der Waals surface area contributed by atoms with Crippen molar-refractivity contribution in [2.75, 3.05) is 4.90 Å². The van der Waals surface area contributed by atoms with E-state index >= 15 is 0 Å². The zero-order valence-corrected chi connectivity index (χ0v) is 32.2. The first-order valence-corrected chi connectivity index (χ1v) is 20.5. The Morgan fingerprint density at radius 1 is 0.414 bits per heavy atom. The molecule has 0 amide bonds. The minimum atomic E-state index is 0.864. The van der Waals surface area contributed by atoms with E-state index in [9.17, 15) is 0 Å². The maximum Gasteiger partial charge on any atom is 0.145 e. The number of aromatic nitrogens is 1. The van der Waals surface area contributed by atoms with Crippen molar-refractivity contribution >= 4 is 92.3 Å².